The van der Waals surface area contributed by atoms with Crippen LogP contribution in [0, 0.1) is 5.92 Å². The topological polar surface area (TPSA) is 17.1 Å². The fourth-order valence-electron chi connectivity index (χ4n) is 1.61. The van der Waals surface area contributed by atoms with Crippen molar-refractivity contribution in [1.29, 1.82) is 0 Å². The first kappa shape index (κ1) is 11.3. The van der Waals surface area contributed by atoms with Gasteiger partial charge in [0.2, 0.25) is 5.24 Å². The van der Waals surface area contributed by atoms with Gasteiger partial charge in [-0.2, -0.15) is 0 Å². The quantitative estimate of drug-likeness (QED) is 0.695. The van der Waals surface area contributed by atoms with E-state index < -0.39 is 0 Å². The molecule has 0 aliphatic heterocycles. The zero-order valence-electron chi connectivity index (χ0n) is 8.53. The third-order valence-electron chi connectivity index (χ3n) is 2.41. The van der Waals surface area contributed by atoms with Crippen molar-refractivity contribution in [1.82, 2.24) is 0 Å². The molecule has 1 nitrogen and oxygen atoms in total. The smallest absolute Gasteiger partial charge is 0.222 e. The van der Waals surface area contributed by atoms with Gasteiger partial charge in [0.25, 0.3) is 0 Å². The highest BCUT2D eigenvalue weighted by Crippen LogP contribution is 2.28. The lowest BCUT2D eigenvalue weighted by atomic mass is 9.86. The van der Waals surface area contributed by atoms with Crippen molar-refractivity contribution in [2.45, 2.75) is 26.2 Å². The minimum Gasteiger partial charge on any atom is -0.281 e. The summed E-state index contributed by atoms with van der Waals surface area (Å²) in [5.74, 6) is 0.668. The Hall–Kier alpha value is -0.820. The third kappa shape index (κ3) is 3.15. The van der Waals surface area contributed by atoms with Crippen LogP contribution in [0.1, 0.15) is 31.7 Å². The van der Waals surface area contributed by atoms with Gasteiger partial charge >= 0.3 is 0 Å². The van der Waals surface area contributed by atoms with Crippen LogP contribution >= 0.6 is 11.6 Å². The summed E-state index contributed by atoms with van der Waals surface area (Å²) in [5, 5.41) is -0.257. The van der Waals surface area contributed by atoms with Crippen molar-refractivity contribution in [3.63, 3.8) is 0 Å². The summed E-state index contributed by atoms with van der Waals surface area (Å²) < 4.78 is 0. The number of carbonyl (C=O) groups excluding carboxylic acids is 1. The second-order valence-corrected chi connectivity index (χ2v) is 4.24. The van der Waals surface area contributed by atoms with Gasteiger partial charge in [-0.05, 0) is 29.0 Å². The molecule has 1 aromatic rings. The average Bonchev–Trinajstić information content (AvgIpc) is 2.15. The van der Waals surface area contributed by atoms with Crippen LogP contribution < -0.4 is 0 Å². The Kier molecular flexibility index (Phi) is 4.15. The molecule has 0 unspecified atom stereocenters. The van der Waals surface area contributed by atoms with Gasteiger partial charge in [0.1, 0.15) is 0 Å². The molecule has 0 aliphatic carbocycles. The highest BCUT2D eigenvalue weighted by atomic mass is 35.5. The maximum absolute atomic E-state index is 10.9. The number of hydrogen-bond acceptors (Lipinski definition) is 1. The van der Waals surface area contributed by atoms with Crippen molar-refractivity contribution >= 4 is 16.8 Å². The SMILES string of the molecule is CC(C)[C@@H](CC(=O)Cl)c1ccccc1. The van der Waals surface area contributed by atoms with Crippen LogP contribution in [0.5, 0.6) is 0 Å². The molecule has 0 aromatic heterocycles. The maximum atomic E-state index is 10.9. The molecule has 0 bridgehead atoms. The van der Waals surface area contributed by atoms with Gasteiger partial charge in [-0.1, -0.05) is 44.2 Å². The molecule has 0 heterocycles. The van der Waals surface area contributed by atoms with Crippen molar-refractivity contribution < 1.29 is 4.79 Å². The molecular formula is C12H15ClO. The van der Waals surface area contributed by atoms with E-state index in [1.54, 1.807) is 0 Å². The zero-order chi connectivity index (χ0) is 10.6. The Morgan fingerprint density at radius 1 is 1.29 bits per heavy atom. The molecule has 0 spiro atoms. The van der Waals surface area contributed by atoms with E-state index >= 15 is 0 Å². The summed E-state index contributed by atoms with van der Waals surface area (Å²) in [4.78, 5) is 10.9. The van der Waals surface area contributed by atoms with Crippen LogP contribution in [0.25, 0.3) is 0 Å². The molecule has 0 saturated carbocycles. The van der Waals surface area contributed by atoms with Gasteiger partial charge in [-0.3, -0.25) is 4.79 Å². The van der Waals surface area contributed by atoms with E-state index in [1.807, 2.05) is 30.3 Å². The molecule has 2 heteroatoms. The van der Waals surface area contributed by atoms with E-state index in [1.165, 1.54) is 5.56 Å². The number of rotatable bonds is 4. The standard InChI is InChI=1S/C12H15ClO/c1-9(2)11(8-12(13)14)10-6-4-3-5-7-10/h3-7,9,11H,8H2,1-2H3/t11-/m1/s1. The van der Waals surface area contributed by atoms with Crippen molar-refractivity contribution in [2.75, 3.05) is 0 Å². The van der Waals surface area contributed by atoms with E-state index in [0.29, 0.717) is 12.3 Å². The summed E-state index contributed by atoms with van der Waals surface area (Å²) in [6.45, 7) is 4.22. The summed E-state index contributed by atoms with van der Waals surface area (Å²) in [5.41, 5.74) is 1.19. The Bertz CT molecular complexity index is 292. The van der Waals surface area contributed by atoms with Crippen molar-refractivity contribution in [3.05, 3.63) is 35.9 Å². The average molecular weight is 211 g/mol. The predicted molar refractivity (Wildman–Crippen MR) is 59.5 cm³/mol. The molecule has 1 rings (SSSR count). The van der Waals surface area contributed by atoms with Gasteiger partial charge < -0.3 is 0 Å². The normalized spacial score (nSPS) is 12.9. The van der Waals surface area contributed by atoms with Crippen LogP contribution in [0.2, 0.25) is 0 Å². The van der Waals surface area contributed by atoms with E-state index in [0.717, 1.165) is 0 Å². The van der Waals surface area contributed by atoms with Gasteiger partial charge in [0, 0.05) is 6.42 Å². The van der Waals surface area contributed by atoms with Crippen LogP contribution in [0.4, 0.5) is 0 Å². The van der Waals surface area contributed by atoms with Crippen LogP contribution in [0.15, 0.2) is 30.3 Å². The van der Waals surface area contributed by atoms with Gasteiger partial charge in [0.05, 0.1) is 0 Å². The van der Waals surface area contributed by atoms with Crippen molar-refractivity contribution in [2.24, 2.45) is 5.92 Å². The predicted octanol–water partition coefficient (Wildman–Crippen LogP) is 3.58. The van der Waals surface area contributed by atoms with Crippen molar-refractivity contribution in [3.8, 4) is 0 Å². The molecule has 0 fully saturated rings. The fourth-order valence-corrected chi connectivity index (χ4v) is 1.78. The second kappa shape index (κ2) is 5.16. The maximum Gasteiger partial charge on any atom is 0.222 e. The minimum atomic E-state index is -0.257. The first-order valence-electron chi connectivity index (χ1n) is 4.84. The first-order valence-corrected chi connectivity index (χ1v) is 5.22. The van der Waals surface area contributed by atoms with E-state index in [2.05, 4.69) is 13.8 Å². The summed E-state index contributed by atoms with van der Waals surface area (Å²) >= 11 is 5.43. The van der Waals surface area contributed by atoms with E-state index in [9.17, 15) is 4.79 Å². The Balaban J connectivity index is 2.83. The molecule has 0 radical (unpaired) electrons. The summed E-state index contributed by atoms with van der Waals surface area (Å²) in [7, 11) is 0. The number of carbonyl (C=O) groups is 1. The molecular weight excluding hydrogens is 196 g/mol. The van der Waals surface area contributed by atoms with Crippen LogP contribution in [-0.2, 0) is 4.79 Å². The highest BCUT2D eigenvalue weighted by Gasteiger charge is 2.17. The second-order valence-electron chi connectivity index (χ2n) is 3.82. The number of halogens is 1. The lowest BCUT2D eigenvalue weighted by Gasteiger charge is -2.19. The monoisotopic (exact) mass is 210 g/mol. The molecule has 0 aliphatic rings. The fraction of sp³-hybridized carbons (Fsp3) is 0.417. The van der Waals surface area contributed by atoms with Crippen LogP contribution in [-0.4, -0.2) is 5.24 Å². The van der Waals surface area contributed by atoms with Gasteiger partial charge in [0.15, 0.2) is 0 Å². The Morgan fingerprint density at radius 3 is 2.29 bits per heavy atom. The van der Waals surface area contributed by atoms with Gasteiger partial charge in [-0.15, -0.1) is 0 Å². The summed E-state index contributed by atoms with van der Waals surface area (Å²) in [6, 6.07) is 10.0. The highest BCUT2D eigenvalue weighted by molar-refractivity contribution is 6.63. The van der Waals surface area contributed by atoms with E-state index in [4.69, 9.17) is 11.6 Å². The minimum absolute atomic E-state index is 0.237. The molecule has 1 atom stereocenters. The number of hydrogen-bond donors (Lipinski definition) is 0. The number of benzene rings is 1. The Labute approximate surface area is 90.1 Å². The Morgan fingerprint density at radius 2 is 1.86 bits per heavy atom. The lowest BCUT2D eigenvalue weighted by molar-refractivity contribution is -0.112. The van der Waals surface area contributed by atoms with Gasteiger partial charge in [-0.25, -0.2) is 0 Å². The zero-order valence-corrected chi connectivity index (χ0v) is 9.29. The molecule has 1 aromatic carbocycles. The molecule has 0 N–H and O–H groups in total. The first-order chi connectivity index (χ1) is 6.61. The largest absolute Gasteiger partial charge is 0.281 e. The molecule has 0 amide bonds. The van der Waals surface area contributed by atoms with E-state index in [-0.39, 0.29) is 11.2 Å². The lowest BCUT2D eigenvalue weighted by Crippen LogP contribution is -2.09. The molecule has 14 heavy (non-hydrogen) atoms. The summed E-state index contributed by atoms with van der Waals surface area (Å²) in [6.07, 6.45) is 0.420. The molecule has 76 valence electrons. The third-order valence-corrected chi connectivity index (χ3v) is 2.57. The van der Waals surface area contributed by atoms with Crippen LogP contribution in [0.3, 0.4) is 0 Å². The molecule has 0 saturated heterocycles.